The summed E-state index contributed by atoms with van der Waals surface area (Å²) in [6, 6.07) is 16.5. The van der Waals surface area contributed by atoms with Crippen molar-refractivity contribution >= 4 is 23.4 Å². The number of piperidine rings is 1. The van der Waals surface area contributed by atoms with E-state index >= 15 is 0 Å². The molecule has 0 spiro atoms. The van der Waals surface area contributed by atoms with Gasteiger partial charge < -0.3 is 23.7 Å². The number of amides is 2. The number of ether oxygens (including phenoxy) is 2. The molecule has 2 fully saturated rings. The van der Waals surface area contributed by atoms with Crippen LogP contribution in [0, 0.1) is 11.2 Å². The SMILES string of the molecule is O=C(C[C@@]1(COc2ccc(Cl)cc2)CCCN(C(=O)c2ccc(-c3ccccc3F)o2)C1)N1CCOCC1. The Morgan fingerprint density at radius 3 is 2.50 bits per heavy atom. The number of likely N-dealkylation sites (tertiary alicyclic amines) is 1. The van der Waals surface area contributed by atoms with Gasteiger partial charge in [-0.15, -0.1) is 0 Å². The predicted octanol–water partition coefficient (Wildman–Crippen LogP) is 5.29. The minimum atomic E-state index is -0.579. The highest BCUT2D eigenvalue weighted by Gasteiger charge is 2.41. The van der Waals surface area contributed by atoms with Crippen molar-refractivity contribution in [1.82, 2.24) is 9.80 Å². The number of morpholine rings is 1. The Bertz CT molecular complexity index is 1270. The van der Waals surface area contributed by atoms with Crippen LogP contribution in [0.2, 0.25) is 5.02 Å². The molecule has 0 unspecified atom stereocenters. The topological polar surface area (TPSA) is 72.2 Å². The first-order valence-electron chi connectivity index (χ1n) is 12.8. The fourth-order valence-electron chi connectivity index (χ4n) is 5.12. The van der Waals surface area contributed by atoms with E-state index in [2.05, 4.69) is 0 Å². The standard InChI is InChI=1S/C29H30ClFN2O5/c30-21-6-8-22(9-7-21)37-20-29(18-27(34)32-14-16-36-17-15-32)12-3-13-33(19-29)28(35)26-11-10-25(38-26)23-4-1-2-5-24(23)31/h1-2,4-11H,3,12-20H2/t29-/m0/s1. The van der Waals surface area contributed by atoms with Crippen molar-refractivity contribution in [3.63, 3.8) is 0 Å². The number of benzene rings is 2. The van der Waals surface area contributed by atoms with Gasteiger partial charge in [0, 0.05) is 43.0 Å². The van der Waals surface area contributed by atoms with E-state index in [9.17, 15) is 14.0 Å². The average molecular weight is 541 g/mol. The van der Waals surface area contributed by atoms with E-state index in [1.165, 1.54) is 6.07 Å². The summed E-state index contributed by atoms with van der Waals surface area (Å²) in [4.78, 5) is 30.3. The molecule has 5 rings (SSSR count). The maximum atomic E-state index is 14.2. The number of carbonyl (C=O) groups excluding carboxylic acids is 2. The van der Waals surface area contributed by atoms with Crippen molar-refractivity contribution < 1.29 is 27.9 Å². The van der Waals surface area contributed by atoms with Gasteiger partial charge in [0.05, 0.1) is 25.4 Å². The number of hydrogen-bond donors (Lipinski definition) is 0. The van der Waals surface area contributed by atoms with Crippen molar-refractivity contribution in [3.8, 4) is 17.1 Å². The summed E-state index contributed by atoms with van der Waals surface area (Å²) in [6.45, 7) is 3.30. The van der Waals surface area contributed by atoms with Crippen LogP contribution in [0.15, 0.2) is 65.1 Å². The molecule has 0 aliphatic carbocycles. The fourth-order valence-corrected chi connectivity index (χ4v) is 5.25. The van der Waals surface area contributed by atoms with Crippen LogP contribution in [0.25, 0.3) is 11.3 Å². The Morgan fingerprint density at radius 1 is 0.974 bits per heavy atom. The largest absolute Gasteiger partial charge is 0.493 e. The predicted molar refractivity (Wildman–Crippen MR) is 141 cm³/mol. The van der Waals surface area contributed by atoms with E-state index in [1.54, 1.807) is 59.5 Å². The molecule has 3 heterocycles. The summed E-state index contributed by atoms with van der Waals surface area (Å²) in [5, 5.41) is 0.609. The van der Waals surface area contributed by atoms with Gasteiger partial charge in [0.2, 0.25) is 5.91 Å². The molecular weight excluding hydrogens is 511 g/mol. The number of halogens is 2. The molecule has 9 heteroatoms. The molecule has 2 amide bonds. The highest BCUT2D eigenvalue weighted by atomic mass is 35.5. The average Bonchev–Trinajstić information content (AvgIpc) is 3.43. The highest BCUT2D eigenvalue weighted by Crippen LogP contribution is 2.36. The minimum Gasteiger partial charge on any atom is -0.493 e. The van der Waals surface area contributed by atoms with E-state index in [4.69, 9.17) is 25.5 Å². The van der Waals surface area contributed by atoms with E-state index in [1.807, 2.05) is 4.90 Å². The van der Waals surface area contributed by atoms with Crippen molar-refractivity contribution in [2.24, 2.45) is 5.41 Å². The molecular formula is C29H30ClFN2O5. The summed E-state index contributed by atoms with van der Waals surface area (Å²) in [5.74, 6) is 0.403. The second kappa shape index (κ2) is 11.6. The lowest BCUT2D eigenvalue weighted by Crippen LogP contribution is -2.52. The van der Waals surface area contributed by atoms with Crippen LogP contribution in [0.4, 0.5) is 4.39 Å². The van der Waals surface area contributed by atoms with Gasteiger partial charge in [-0.2, -0.15) is 0 Å². The van der Waals surface area contributed by atoms with Gasteiger partial charge in [-0.05, 0) is 61.4 Å². The lowest BCUT2D eigenvalue weighted by molar-refractivity contribution is -0.139. The maximum absolute atomic E-state index is 14.2. The van der Waals surface area contributed by atoms with E-state index in [-0.39, 0.29) is 30.6 Å². The van der Waals surface area contributed by atoms with E-state index < -0.39 is 11.2 Å². The Hall–Kier alpha value is -3.36. The monoisotopic (exact) mass is 540 g/mol. The molecule has 1 aromatic heterocycles. The summed E-state index contributed by atoms with van der Waals surface area (Å²) in [6.07, 6.45) is 1.70. The smallest absolute Gasteiger partial charge is 0.289 e. The van der Waals surface area contributed by atoms with E-state index in [0.29, 0.717) is 67.9 Å². The van der Waals surface area contributed by atoms with Crippen LogP contribution in [0.1, 0.15) is 29.8 Å². The Morgan fingerprint density at radius 2 is 1.74 bits per heavy atom. The fraction of sp³-hybridized carbons (Fsp3) is 0.379. The summed E-state index contributed by atoms with van der Waals surface area (Å²) in [5.41, 5.74) is -0.281. The molecule has 1 atom stereocenters. The Labute approximate surface area is 226 Å². The first kappa shape index (κ1) is 26.3. The van der Waals surface area contributed by atoms with Gasteiger partial charge in [0.15, 0.2) is 5.76 Å². The van der Waals surface area contributed by atoms with Gasteiger partial charge >= 0.3 is 0 Å². The zero-order valence-corrected chi connectivity index (χ0v) is 21.8. The van der Waals surface area contributed by atoms with Gasteiger partial charge in [-0.3, -0.25) is 9.59 Å². The van der Waals surface area contributed by atoms with Crippen molar-refractivity contribution in [3.05, 3.63) is 77.3 Å². The molecule has 3 aromatic rings. The third-order valence-corrected chi connectivity index (χ3v) is 7.41. The van der Waals surface area contributed by atoms with Crippen molar-refractivity contribution in [2.75, 3.05) is 46.0 Å². The molecule has 0 N–H and O–H groups in total. The zero-order chi connectivity index (χ0) is 26.5. The number of hydrogen-bond acceptors (Lipinski definition) is 5. The third kappa shape index (κ3) is 6.03. The molecule has 0 saturated carbocycles. The molecule has 0 radical (unpaired) electrons. The third-order valence-electron chi connectivity index (χ3n) is 7.15. The van der Waals surface area contributed by atoms with Crippen LogP contribution in [-0.2, 0) is 9.53 Å². The normalized spacial score (nSPS) is 19.8. The summed E-state index contributed by atoms with van der Waals surface area (Å²) in [7, 11) is 0. The van der Waals surface area contributed by atoms with Crippen LogP contribution >= 0.6 is 11.6 Å². The molecule has 2 aliphatic heterocycles. The van der Waals surface area contributed by atoms with Gasteiger partial charge in [-0.25, -0.2) is 4.39 Å². The van der Waals surface area contributed by atoms with Crippen molar-refractivity contribution in [1.29, 1.82) is 0 Å². The molecule has 2 aliphatic rings. The quantitative estimate of drug-likeness (QED) is 0.407. The number of rotatable bonds is 7. The maximum Gasteiger partial charge on any atom is 0.289 e. The number of carbonyl (C=O) groups is 2. The van der Waals surface area contributed by atoms with Crippen LogP contribution in [0.5, 0.6) is 5.75 Å². The van der Waals surface area contributed by atoms with E-state index in [0.717, 1.165) is 6.42 Å². The van der Waals surface area contributed by atoms with Gasteiger partial charge in [-0.1, -0.05) is 23.7 Å². The second-order valence-electron chi connectivity index (χ2n) is 9.89. The molecule has 38 heavy (non-hydrogen) atoms. The van der Waals surface area contributed by atoms with Gasteiger partial charge in [0.25, 0.3) is 5.91 Å². The Balaban J connectivity index is 1.34. The summed E-state index contributed by atoms with van der Waals surface area (Å²) >= 11 is 6.01. The molecule has 2 saturated heterocycles. The van der Waals surface area contributed by atoms with Gasteiger partial charge in [0.1, 0.15) is 17.3 Å². The summed E-state index contributed by atoms with van der Waals surface area (Å²) < 4.78 is 31.6. The number of nitrogens with zero attached hydrogens (tertiary/aromatic N) is 2. The molecule has 0 bridgehead atoms. The van der Waals surface area contributed by atoms with Crippen LogP contribution < -0.4 is 4.74 Å². The first-order chi connectivity index (χ1) is 18.4. The molecule has 2 aromatic carbocycles. The molecule has 200 valence electrons. The first-order valence-corrected chi connectivity index (χ1v) is 13.2. The van der Waals surface area contributed by atoms with Crippen LogP contribution in [0.3, 0.4) is 0 Å². The molecule has 7 nitrogen and oxygen atoms in total. The minimum absolute atomic E-state index is 0.0298. The zero-order valence-electron chi connectivity index (χ0n) is 21.0. The lowest BCUT2D eigenvalue weighted by atomic mass is 9.77. The van der Waals surface area contributed by atoms with Crippen LogP contribution in [-0.4, -0.2) is 67.6 Å². The Kier molecular flexibility index (Phi) is 8.00. The number of furan rings is 1. The highest BCUT2D eigenvalue weighted by molar-refractivity contribution is 6.30. The lowest BCUT2D eigenvalue weighted by Gasteiger charge is -2.43. The second-order valence-corrected chi connectivity index (χ2v) is 10.3. The van der Waals surface area contributed by atoms with Crippen molar-refractivity contribution in [2.45, 2.75) is 19.3 Å².